The molecule has 0 amide bonds. The van der Waals surface area contributed by atoms with Crippen molar-refractivity contribution >= 4 is 16.6 Å². The largest absolute Gasteiger partial charge is 0.337 e. The Morgan fingerprint density at radius 3 is 2.95 bits per heavy atom. The third kappa shape index (κ3) is 2.03. The fraction of sp³-hybridized carbons (Fsp3) is 0.231. The molecule has 0 bridgehead atoms. The Morgan fingerprint density at radius 1 is 1.40 bits per heavy atom. The zero-order valence-electron chi connectivity index (χ0n) is 10.8. The summed E-state index contributed by atoms with van der Waals surface area (Å²) in [5.74, 6) is 1.07. The molecule has 3 rings (SSSR count). The van der Waals surface area contributed by atoms with E-state index in [1.54, 1.807) is 16.8 Å². The minimum atomic E-state index is -0.385. The Labute approximate surface area is 114 Å². The third-order valence-electron chi connectivity index (χ3n) is 3.10. The quantitative estimate of drug-likeness (QED) is 0.538. The minimum absolute atomic E-state index is 0.0720. The van der Waals surface area contributed by atoms with Gasteiger partial charge in [-0.05, 0) is 6.07 Å². The monoisotopic (exact) mass is 272 g/mol. The first kappa shape index (κ1) is 12.3. The lowest BCUT2D eigenvalue weighted by atomic mass is 10.2. The molecule has 0 saturated heterocycles. The summed E-state index contributed by atoms with van der Waals surface area (Å²) >= 11 is 0. The van der Waals surface area contributed by atoms with Gasteiger partial charge in [0.05, 0.1) is 4.92 Å². The molecule has 2 heterocycles. The molecular weight excluding hydrogens is 260 g/mol. The van der Waals surface area contributed by atoms with E-state index in [0.29, 0.717) is 30.2 Å². The first-order valence-corrected chi connectivity index (χ1v) is 6.22. The van der Waals surface area contributed by atoms with E-state index in [-0.39, 0.29) is 10.6 Å². The number of nitro benzene ring substituents is 1. The van der Waals surface area contributed by atoms with E-state index in [9.17, 15) is 10.1 Å². The number of hydrogen-bond acceptors (Lipinski definition) is 5. The highest BCUT2D eigenvalue weighted by atomic mass is 16.6. The minimum Gasteiger partial charge on any atom is -0.337 e. The van der Waals surface area contributed by atoms with Crippen molar-refractivity contribution in [1.29, 1.82) is 0 Å². The Bertz CT molecular complexity index is 775. The highest BCUT2D eigenvalue weighted by Crippen LogP contribution is 2.26. The Balaban J connectivity index is 2.05. The molecule has 3 aromatic rings. The number of para-hydroxylation sites is 1. The predicted octanol–water partition coefficient (Wildman–Crippen LogP) is 2.54. The lowest BCUT2D eigenvalue weighted by molar-refractivity contribution is -0.383. The topological polar surface area (TPSA) is 87.0 Å². The second-order valence-electron chi connectivity index (χ2n) is 4.37. The summed E-state index contributed by atoms with van der Waals surface area (Å²) in [5.41, 5.74) is 0.636. The third-order valence-corrected chi connectivity index (χ3v) is 3.10. The summed E-state index contributed by atoms with van der Waals surface area (Å²) in [4.78, 5) is 14.9. The fourth-order valence-corrected chi connectivity index (χ4v) is 2.16. The molecule has 0 fully saturated rings. The number of aryl methyl sites for hydroxylation is 1. The van der Waals surface area contributed by atoms with E-state index in [4.69, 9.17) is 4.52 Å². The van der Waals surface area contributed by atoms with Crippen LogP contribution in [-0.4, -0.2) is 19.6 Å². The molecule has 0 atom stereocenters. The molecule has 7 nitrogen and oxygen atoms in total. The summed E-state index contributed by atoms with van der Waals surface area (Å²) in [7, 11) is 0. The molecular formula is C13H12N4O3. The van der Waals surface area contributed by atoms with Crippen LogP contribution in [0.5, 0.6) is 0 Å². The summed E-state index contributed by atoms with van der Waals surface area (Å²) < 4.78 is 6.88. The van der Waals surface area contributed by atoms with Gasteiger partial charge in [0.15, 0.2) is 5.82 Å². The molecule has 1 aromatic carbocycles. The Hall–Kier alpha value is -2.70. The van der Waals surface area contributed by atoms with Crippen LogP contribution in [0.4, 0.5) is 5.69 Å². The normalized spacial score (nSPS) is 11.1. The van der Waals surface area contributed by atoms with Gasteiger partial charge in [0.2, 0.25) is 5.89 Å². The van der Waals surface area contributed by atoms with E-state index < -0.39 is 0 Å². The van der Waals surface area contributed by atoms with E-state index in [1.165, 1.54) is 6.07 Å². The predicted molar refractivity (Wildman–Crippen MR) is 71.4 cm³/mol. The zero-order valence-corrected chi connectivity index (χ0v) is 10.8. The highest BCUT2D eigenvalue weighted by molar-refractivity contribution is 5.88. The number of non-ortho nitro benzene ring substituents is 1. The molecule has 0 spiro atoms. The standard InChI is InChI=1S/C13H12N4O3/c1-2-11-14-12(20-15-11)8-16-7-6-9-4-3-5-10(13(9)16)17(18)19/h3-7H,2,8H2,1H3. The number of fused-ring (bicyclic) bond motifs is 1. The van der Waals surface area contributed by atoms with Crippen molar-refractivity contribution in [3.63, 3.8) is 0 Å². The molecule has 7 heteroatoms. The van der Waals surface area contributed by atoms with Crippen molar-refractivity contribution in [2.24, 2.45) is 0 Å². The van der Waals surface area contributed by atoms with Crippen LogP contribution in [0.1, 0.15) is 18.6 Å². The molecule has 0 aliphatic rings. The molecule has 0 aliphatic heterocycles. The lowest BCUT2D eigenvalue weighted by Gasteiger charge is -2.02. The first-order chi connectivity index (χ1) is 9.69. The van der Waals surface area contributed by atoms with Crippen molar-refractivity contribution in [2.45, 2.75) is 19.9 Å². The lowest BCUT2D eigenvalue weighted by Crippen LogP contribution is -2.01. The van der Waals surface area contributed by atoms with E-state index >= 15 is 0 Å². The van der Waals surface area contributed by atoms with Crippen LogP contribution >= 0.6 is 0 Å². The number of rotatable bonds is 4. The molecule has 20 heavy (non-hydrogen) atoms. The number of hydrogen-bond donors (Lipinski definition) is 0. The van der Waals surface area contributed by atoms with Crippen LogP contribution in [0, 0.1) is 10.1 Å². The van der Waals surface area contributed by atoms with Gasteiger partial charge in [-0.2, -0.15) is 4.98 Å². The van der Waals surface area contributed by atoms with Crippen molar-refractivity contribution in [1.82, 2.24) is 14.7 Å². The number of aromatic nitrogens is 3. The van der Waals surface area contributed by atoms with Gasteiger partial charge >= 0.3 is 0 Å². The summed E-state index contributed by atoms with van der Waals surface area (Å²) in [6, 6.07) is 6.83. The summed E-state index contributed by atoms with van der Waals surface area (Å²) in [6.07, 6.45) is 2.48. The zero-order chi connectivity index (χ0) is 14.1. The first-order valence-electron chi connectivity index (χ1n) is 6.22. The van der Waals surface area contributed by atoms with Gasteiger partial charge in [-0.15, -0.1) is 0 Å². The molecule has 102 valence electrons. The van der Waals surface area contributed by atoms with E-state index in [0.717, 1.165) is 5.39 Å². The fourth-order valence-electron chi connectivity index (χ4n) is 2.16. The van der Waals surface area contributed by atoms with Crippen LogP contribution in [-0.2, 0) is 13.0 Å². The maximum atomic E-state index is 11.1. The van der Waals surface area contributed by atoms with Crippen molar-refractivity contribution in [2.75, 3.05) is 0 Å². The van der Waals surface area contributed by atoms with Gasteiger partial charge in [-0.25, -0.2) is 0 Å². The SMILES string of the molecule is CCc1noc(Cn2ccc3cccc([N+](=O)[O-])c32)n1. The summed E-state index contributed by atoms with van der Waals surface area (Å²) in [6.45, 7) is 2.26. The van der Waals surface area contributed by atoms with E-state index in [2.05, 4.69) is 10.1 Å². The van der Waals surface area contributed by atoms with E-state index in [1.807, 2.05) is 19.1 Å². The number of nitrogens with zero attached hydrogens (tertiary/aromatic N) is 4. The van der Waals surface area contributed by atoms with Crippen molar-refractivity contribution in [3.8, 4) is 0 Å². The van der Waals surface area contributed by atoms with Gasteiger partial charge in [0, 0.05) is 24.1 Å². The van der Waals surface area contributed by atoms with Gasteiger partial charge in [0.25, 0.3) is 5.69 Å². The van der Waals surface area contributed by atoms with Crippen LogP contribution in [0.15, 0.2) is 35.0 Å². The molecule has 0 radical (unpaired) electrons. The Kier molecular flexibility index (Phi) is 2.94. The molecule has 2 aromatic heterocycles. The Morgan fingerprint density at radius 2 is 2.25 bits per heavy atom. The second-order valence-corrected chi connectivity index (χ2v) is 4.37. The van der Waals surface area contributed by atoms with Crippen molar-refractivity contribution in [3.05, 3.63) is 52.3 Å². The molecule has 0 aliphatic carbocycles. The van der Waals surface area contributed by atoms with Crippen LogP contribution in [0.3, 0.4) is 0 Å². The van der Waals surface area contributed by atoms with Crippen molar-refractivity contribution < 1.29 is 9.45 Å². The van der Waals surface area contributed by atoms with Gasteiger partial charge in [-0.1, -0.05) is 24.2 Å². The smallest absolute Gasteiger partial charge is 0.293 e. The maximum Gasteiger partial charge on any atom is 0.293 e. The number of nitro groups is 1. The highest BCUT2D eigenvalue weighted by Gasteiger charge is 2.16. The summed E-state index contributed by atoms with van der Waals surface area (Å²) in [5, 5.41) is 15.7. The van der Waals surface area contributed by atoms with Gasteiger partial charge < -0.3 is 9.09 Å². The maximum absolute atomic E-state index is 11.1. The van der Waals surface area contributed by atoms with Gasteiger partial charge in [0.1, 0.15) is 12.1 Å². The van der Waals surface area contributed by atoms with Crippen LogP contribution in [0.2, 0.25) is 0 Å². The number of benzene rings is 1. The average molecular weight is 272 g/mol. The van der Waals surface area contributed by atoms with Gasteiger partial charge in [-0.3, -0.25) is 10.1 Å². The molecule has 0 saturated carbocycles. The molecule has 0 N–H and O–H groups in total. The average Bonchev–Trinajstić information content (AvgIpc) is 3.06. The van der Waals surface area contributed by atoms with Crippen LogP contribution in [0.25, 0.3) is 10.9 Å². The second kappa shape index (κ2) is 4.76. The van der Waals surface area contributed by atoms with Crippen LogP contribution < -0.4 is 0 Å². The molecule has 0 unspecified atom stereocenters.